The molecule has 1 amide bonds. The topological polar surface area (TPSA) is 75.6 Å². The van der Waals surface area contributed by atoms with Gasteiger partial charge in [0.15, 0.2) is 0 Å². The molecule has 16 heavy (non-hydrogen) atoms. The summed E-state index contributed by atoms with van der Waals surface area (Å²) in [5.41, 5.74) is 0. The highest BCUT2D eigenvalue weighted by molar-refractivity contribution is 7.99. The first kappa shape index (κ1) is 13.3. The van der Waals surface area contributed by atoms with Crippen LogP contribution in [0.15, 0.2) is 0 Å². The van der Waals surface area contributed by atoms with Crippen LogP contribution in [-0.4, -0.2) is 41.8 Å². The summed E-state index contributed by atoms with van der Waals surface area (Å²) in [6, 6.07) is -0.784. The molecule has 0 saturated heterocycles. The maximum absolute atomic E-state index is 10.6. The van der Waals surface area contributed by atoms with Crippen molar-refractivity contribution in [2.24, 2.45) is 5.92 Å². The normalized spacial score (nSPS) is 16.8. The van der Waals surface area contributed by atoms with E-state index in [0.717, 1.165) is 12.5 Å². The zero-order valence-electron chi connectivity index (χ0n) is 9.05. The van der Waals surface area contributed by atoms with Gasteiger partial charge in [-0.2, -0.15) is 0 Å². The molecule has 1 aliphatic carbocycles. The van der Waals surface area contributed by atoms with Crippen molar-refractivity contribution in [2.45, 2.75) is 25.3 Å². The quantitative estimate of drug-likeness (QED) is 0.337. The number of ether oxygens (including phenoxy) is 1. The largest absolute Gasteiger partial charge is 0.480 e. The van der Waals surface area contributed by atoms with Crippen LogP contribution in [0, 0.1) is 5.92 Å². The fourth-order valence-corrected chi connectivity index (χ4v) is 1.91. The molecule has 0 bridgehead atoms. The third kappa shape index (κ3) is 5.97. The van der Waals surface area contributed by atoms with Gasteiger partial charge in [-0.25, -0.2) is 4.79 Å². The molecule has 1 saturated carbocycles. The van der Waals surface area contributed by atoms with Gasteiger partial charge in [0.05, 0.1) is 12.5 Å². The monoisotopic (exact) mass is 247 g/mol. The number of carbonyl (C=O) groups is 2. The average molecular weight is 247 g/mol. The second-order valence-electron chi connectivity index (χ2n) is 3.80. The lowest BCUT2D eigenvalue weighted by atomic mass is 10.2. The van der Waals surface area contributed by atoms with Crippen molar-refractivity contribution in [1.82, 2.24) is 5.32 Å². The molecule has 1 rings (SSSR count). The second kappa shape index (κ2) is 7.51. The number of carbonyl (C=O) groups excluding carboxylic acids is 1. The Kier molecular flexibility index (Phi) is 6.25. The summed E-state index contributed by atoms with van der Waals surface area (Å²) in [7, 11) is 0. The lowest BCUT2D eigenvalue weighted by molar-refractivity contribution is -0.140. The Labute approximate surface area is 98.9 Å². The van der Waals surface area contributed by atoms with Gasteiger partial charge >= 0.3 is 5.97 Å². The van der Waals surface area contributed by atoms with Gasteiger partial charge in [0.25, 0.3) is 0 Å². The Morgan fingerprint density at radius 2 is 2.38 bits per heavy atom. The van der Waals surface area contributed by atoms with Crippen LogP contribution in [0.25, 0.3) is 0 Å². The van der Waals surface area contributed by atoms with Crippen LogP contribution in [-0.2, 0) is 14.3 Å². The first-order valence-corrected chi connectivity index (χ1v) is 6.47. The standard InChI is InChI=1S/C10H17NO4S/c12-6-11-9(10(13)14)3-4-16-7-15-5-8-1-2-8/h6,8-9H,1-5,7H2,(H,11,12)(H,13,14). The molecule has 0 heterocycles. The van der Waals surface area contributed by atoms with Crippen molar-refractivity contribution in [3.63, 3.8) is 0 Å². The number of hydrogen-bond donors (Lipinski definition) is 2. The van der Waals surface area contributed by atoms with E-state index in [1.807, 2.05) is 0 Å². The Balaban J connectivity index is 1.94. The SMILES string of the molecule is O=CNC(CCSCOCC1CC1)C(=O)O. The maximum Gasteiger partial charge on any atom is 0.326 e. The molecular weight excluding hydrogens is 230 g/mol. The van der Waals surface area contributed by atoms with Gasteiger partial charge in [-0.3, -0.25) is 4.79 Å². The highest BCUT2D eigenvalue weighted by Crippen LogP contribution is 2.29. The zero-order valence-corrected chi connectivity index (χ0v) is 9.87. The summed E-state index contributed by atoms with van der Waals surface area (Å²) >= 11 is 1.55. The molecule has 0 aliphatic heterocycles. The summed E-state index contributed by atoms with van der Waals surface area (Å²) in [5, 5.41) is 11.0. The molecule has 0 spiro atoms. The summed E-state index contributed by atoms with van der Waals surface area (Å²) in [6.07, 6.45) is 3.39. The molecule has 1 atom stereocenters. The predicted octanol–water partition coefficient (Wildman–Crippen LogP) is 0.693. The zero-order chi connectivity index (χ0) is 11.8. The highest BCUT2D eigenvalue weighted by atomic mass is 32.2. The Bertz CT molecular complexity index is 233. The van der Waals surface area contributed by atoms with E-state index in [2.05, 4.69) is 5.32 Å². The summed E-state index contributed by atoms with van der Waals surface area (Å²) in [6.45, 7) is 0.821. The Morgan fingerprint density at radius 1 is 1.62 bits per heavy atom. The van der Waals surface area contributed by atoms with Crippen LogP contribution in [0.1, 0.15) is 19.3 Å². The van der Waals surface area contributed by atoms with Gasteiger partial charge in [0.2, 0.25) is 6.41 Å². The molecular formula is C10H17NO4S. The van der Waals surface area contributed by atoms with E-state index in [1.165, 1.54) is 12.8 Å². The van der Waals surface area contributed by atoms with Crippen LogP contribution >= 0.6 is 11.8 Å². The summed E-state index contributed by atoms with van der Waals surface area (Å²) < 4.78 is 5.39. The van der Waals surface area contributed by atoms with Crippen LogP contribution in [0.4, 0.5) is 0 Å². The van der Waals surface area contributed by atoms with Crippen LogP contribution in [0.3, 0.4) is 0 Å². The molecule has 1 aliphatic rings. The second-order valence-corrected chi connectivity index (χ2v) is 4.86. The number of aliphatic carboxylic acids is 1. The van der Waals surface area contributed by atoms with Gasteiger partial charge < -0.3 is 15.2 Å². The van der Waals surface area contributed by atoms with Crippen molar-refractivity contribution in [3.05, 3.63) is 0 Å². The predicted molar refractivity (Wildman–Crippen MR) is 61.2 cm³/mol. The molecule has 0 radical (unpaired) electrons. The first-order valence-electron chi connectivity index (χ1n) is 5.32. The van der Waals surface area contributed by atoms with E-state index in [9.17, 15) is 9.59 Å². The molecule has 1 unspecified atom stereocenters. The molecule has 2 N–H and O–H groups in total. The van der Waals surface area contributed by atoms with Crippen LogP contribution in [0.5, 0.6) is 0 Å². The molecule has 1 fully saturated rings. The van der Waals surface area contributed by atoms with E-state index >= 15 is 0 Å². The van der Waals surface area contributed by atoms with E-state index in [-0.39, 0.29) is 0 Å². The third-order valence-electron chi connectivity index (χ3n) is 2.34. The van der Waals surface area contributed by atoms with Crippen molar-refractivity contribution < 1.29 is 19.4 Å². The third-order valence-corrected chi connectivity index (χ3v) is 3.19. The number of amides is 1. The molecule has 6 heteroatoms. The molecule has 92 valence electrons. The molecule has 0 aromatic carbocycles. The molecule has 5 nitrogen and oxygen atoms in total. The summed E-state index contributed by atoms with van der Waals surface area (Å²) in [5.74, 6) is 1.03. The fourth-order valence-electron chi connectivity index (χ4n) is 1.18. The lowest BCUT2D eigenvalue weighted by Gasteiger charge is -2.10. The van der Waals surface area contributed by atoms with Crippen molar-refractivity contribution >= 4 is 24.1 Å². The number of nitrogens with one attached hydrogen (secondary N) is 1. The Hall–Kier alpha value is -0.750. The minimum absolute atomic E-state index is 0.422. The van der Waals surface area contributed by atoms with E-state index in [0.29, 0.717) is 24.5 Å². The van der Waals surface area contributed by atoms with Crippen molar-refractivity contribution in [2.75, 3.05) is 18.3 Å². The van der Waals surface area contributed by atoms with Crippen LogP contribution < -0.4 is 5.32 Å². The van der Waals surface area contributed by atoms with Gasteiger partial charge in [0.1, 0.15) is 6.04 Å². The van der Waals surface area contributed by atoms with Gasteiger partial charge in [-0.15, -0.1) is 11.8 Å². The summed E-state index contributed by atoms with van der Waals surface area (Å²) in [4.78, 5) is 20.8. The molecule has 0 aromatic rings. The van der Waals surface area contributed by atoms with E-state index in [1.54, 1.807) is 11.8 Å². The highest BCUT2D eigenvalue weighted by Gasteiger charge is 2.21. The van der Waals surface area contributed by atoms with E-state index < -0.39 is 12.0 Å². The average Bonchev–Trinajstić information content (AvgIpc) is 3.05. The Morgan fingerprint density at radius 3 is 2.94 bits per heavy atom. The fraction of sp³-hybridized carbons (Fsp3) is 0.800. The van der Waals surface area contributed by atoms with Gasteiger partial charge in [-0.05, 0) is 30.9 Å². The number of carboxylic acids is 1. The van der Waals surface area contributed by atoms with Crippen molar-refractivity contribution in [3.8, 4) is 0 Å². The first-order chi connectivity index (χ1) is 7.74. The smallest absolute Gasteiger partial charge is 0.326 e. The van der Waals surface area contributed by atoms with E-state index in [4.69, 9.17) is 9.84 Å². The number of rotatable bonds is 10. The lowest BCUT2D eigenvalue weighted by Crippen LogP contribution is -2.36. The van der Waals surface area contributed by atoms with Crippen LogP contribution in [0.2, 0.25) is 0 Å². The van der Waals surface area contributed by atoms with Gasteiger partial charge in [-0.1, -0.05) is 0 Å². The van der Waals surface area contributed by atoms with Gasteiger partial charge in [0, 0.05) is 0 Å². The molecule has 0 aromatic heterocycles. The number of hydrogen-bond acceptors (Lipinski definition) is 4. The number of thioether (sulfide) groups is 1. The van der Waals surface area contributed by atoms with Crippen molar-refractivity contribution in [1.29, 1.82) is 0 Å². The minimum atomic E-state index is -0.994. The minimum Gasteiger partial charge on any atom is -0.480 e. The maximum atomic E-state index is 10.6. The number of carboxylic acid groups (broad SMARTS) is 1.